The van der Waals surface area contributed by atoms with Crippen LogP contribution in [0.4, 0.5) is 10.2 Å². The number of hydrogen-bond donors (Lipinski definition) is 1. The second-order valence-corrected chi connectivity index (χ2v) is 2.05. The molecule has 0 spiro atoms. The summed E-state index contributed by atoms with van der Waals surface area (Å²) in [6.07, 6.45) is 2.11. The van der Waals surface area contributed by atoms with E-state index in [0.29, 0.717) is 12.0 Å². The minimum atomic E-state index is -0.269. The molecule has 1 heterocycles. The highest BCUT2D eigenvalue weighted by atomic mass is 19.1. The highest BCUT2D eigenvalue weighted by Gasteiger charge is 1.98. The third-order valence-electron chi connectivity index (χ3n) is 1.33. The predicted molar refractivity (Wildman–Crippen MR) is 38.0 cm³/mol. The van der Waals surface area contributed by atoms with E-state index in [9.17, 15) is 4.39 Å². The van der Waals surface area contributed by atoms with E-state index < -0.39 is 0 Å². The van der Waals surface area contributed by atoms with E-state index in [1.54, 1.807) is 0 Å². The van der Waals surface area contributed by atoms with Crippen LogP contribution in [0.2, 0.25) is 0 Å². The summed E-state index contributed by atoms with van der Waals surface area (Å²) in [4.78, 5) is 3.75. The highest BCUT2D eigenvalue weighted by Crippen LogP contribution is 2.08. The fraction of sp³-hybridized carbons (Fsp3) is 0.286. The molecule has 0 saturated carbocycles. The lowest BCUT2D eigenvalue weighted by Gasteiger charge is -1.97. The molecular weight excluding hydrogens is 131 g/mol. The minimum absolute atomic E-state index is 0.231. The lowest BCUT2D eigenvalue weighted by molar-refractivity contribution is 0.610. The molecule has 1 aromatic heterocycles. The summed E-state index contributed by atoms with van der Waals surface area (Å²) >= 11 is 0. The van der Waals surface area contributed by atoms with Gasteiger partial charge in [0.25, 0.3) is 0 Å². The maximum absolute atomic E-state index is 12.7. The van der Waals surface area contributed by atoms with Crippen LogP contribution in [0.5, 0.6) is 0 Å². The Labute approximate surface area is 58.9 Å². The molecule has 0 amide bonds. The van der Waals surface area contributed by atoms with E-state index in [-0.39, 0.29) is 11.6 Å². The van der Waals surface area contributed by atoms with Gasteiger partial charge in [0.2, 0.25) is 0 Å². The molecule has 2 nitrogen and oxygen atoms in total. The molecule has 0 fully saturated rings. The predicted octanol–water partition coefficient (Wildman–Crippen LogP) is 1.37. The summed E-state index contributed by atoms with van der Waals surface area (Å²) < 4.78 is 12.7. The van der Waals surface area contributed by atoms with Crippen molar-refractivity contribution in [1.29, 1.82) is 0 Å². The van der Waals surface area contributed by atoms with Gasteiger partial charge < -0.3 is 5.73 Å². The van der Waals surface area contributed by atoms with Crippen LogP contribution in [-0.2, 0) is 6.42 Å². The van der Waals surface area contributed by atoms with Crippen molar-refractivity contribution < 1.29 is 4.39 Å². The van der Waals surface area contributed by atoms with Gasteiger partial charge in [0.05, 0.1) is 0 Å². The van der Waals surface area contributed by atoms with Crippen LogP contribution < -0.4 is 5.73 Å². The number of anilines is 1. The molecule has 0 bridgehead atoms. The first kappa shape index (κ1) is 6.99. The fourth-order valence-corrected chi connectivity index (χ4v) is 0.734. The van der Waals surface area contributed by atoms with Gasteiger partial charge in [0.15, 0.2) is 0 Å². The van der Waals surface area contributed by atoms with Crippen molar-refractivity contribution >= 4 is 5.82 Å². The Balaban J connectivity index is 3.07. The van der Waals surface area contributed by atoms with Gasteiger partial charge in [0, 0.05) is 17.8 Å². The molecule has 3 heteroatoms. The number of aromatic nitrogens is 1. The molecule has 0 saturated heterocycles. The van der Waals surface area contributed by atoms with Gasteiger partial charge in [-0.3, -0.25) is 0 Å². The van der Waals surface area contributed by atoms with Gasteiger partial charge in [-0.05, 0) is 6.42 Å². The number of pyridine rings is 1. The standard InChI is InChI=1S/C7H9FN2/c1-2-5-4-10-7(9)3-6(5)8/h3-4H,2H2,1H3,(H2,9,10). The molecule has 0 aliphatic heterocycles. The SMILES string of the molecule is CCc1cnc(N)cc1F. The van der Waals surface area contributed by atoms with E-state index >= 15 is 0 Å². The van der Waals surface area contributed by atoms with Crippen LogP contribution in [0.3, 0.4) is 0 Å². The minimum Gasteiger partial charge on any atom is -0.384 e. The molecule has 0 aliphatic rings. The zero-order valence-electron chi connectivity index (χ0n) is 5.76. The molecule has 0 radical (unpaired) electrons. The van der Waals surface area contributed by atoms with Crippen molar-refractivity contribution in [3.05, 3.63) is 23.6 Å². The molecule has 0 atom stereocenters. The fourth-order valence-electron chi connectivity index (χ4n) is 0.734. The molecule has 10 heavy (non-hydrogen) atoms. The second kappa shape index (κ2) is 2.64. The zero-order chi connectivity index (χ0) is 7.56. The van der Waals surface area contributed by atoms with Gasteiger partial charge in [0.1, 0.15) is 11.6 Å². The molecular formula is C7H9FN2. The Morgan fingerprint density at radius 1 is 1.70 bits per heavy atom. The average molecular weight is 140 g/mol. The second-order valence-electron chi connectivity index (χ2n) is 2.05. The topological polar surface area (TPSA) is 38.9 Å². The lowest BCUT2D eigenvalue weighted by Crippen LogP contribution is -1.94. The summed E-state index contributed by atoms with van der Waals surface area (Å²) in [6, 6.07) is 1.23. The average Bonchev–Trinajstić information content (AvgIpc) is 1.88. The van der Waals surface area contributed by atoms with E-state index in [1.807, 2.05) is 6.92 Å². The van der Waals surface area contributed by atoms with Gasteiger partial charge in [-0.2, -0.15) is 0 Å². The zero-order valence-corrected chi connectivity index (χ0v) is 5.76. The molecule has 1 rings (SSSR count). The van der Waals surface area contributed by atoms with Crippen molar-refractivity contribution in [2.24, 2.45) is 0 Å². The molecule has 0 unspecified atom stereocenters. The largest absolute Gasteiger partial charge is 0.384 e. The van der Waals surface area contributed by atoms with E-state index in [4.69, 9.17) is 5.73 Å². The van der Waals surface area contributed by atoms with E-state index in [1.165, 1.54) is 12.3 Å². The summed E-state index contributed by atoms with van der Waals surface area (Å²) in [7, 11) is 0. The van der Waals surface area contributed by atoms with Crippen LogP contribution in [0, 0.1) is 5.82 Å². The van der Waals surface area contributed by atoms with Gasteiger partial charge in [-0.15, -0.1) is 0 Å². The molecule has 1 aromatic rings. The highest BCUT2D eigenvalue weighted by molar-refractivity contribution is 5.30. The summed E-state index contributed by atoms with van der Waals surface area (Å²) in [5.41, 5.74) is 5.84. The number of rotatable bonds is 1. The molecule has 54 valence electrons. The Bertz CT molecular complexity index is 235. The lowest BCUT2D eigenvalue weighted by atomic mass is 10.2. The Morgan fingerprint density at radius 3 is 2.90 bits per heavy atom. The van der Waals surface area contributed by atoms with E-state index in [2.05, 4.69) is 4.98 Å². The first-order valence-corrected chi connectivity index (χ1v) is 3.14. The number of halogens is 1. The van der Waals surface area contributed by atoms with Crippen molar-refractivity contribution in [2.75, 3.05) is 5.73 Å². The first-order chi connectivity index (χ1) is 4.74. The maximum atomic E-state index is 12.7. The summed E-state index contributed by atoms with van der Waals surface area (Å²) in [6.45, 7) is 1.87. The van der Waals surface area contributed by atoms with Gasteiger partial charge >= 0.3 is 0 Å². The molecule has 0 aromatic carbocycles. The number of aryl methyl sites for hydroxylation is 1. The Kier molecular flexibility index (Phi) is 1.85. The van der Waals surface area contributed by atoms with Gasteiger partial charge in [-0.25, -0.2) is 9.37 Å². The first-order valence-electron chi connectivity index (χ1n) is 3.14. The summed E-state index contributed by atoms with van der Waals surface area (Å²) in [5.74, 6) is -0.0373. The van der Waals surface area contributed by atoms with Crippen molar-refractivity contribution in [3.8, 4) is 0 Å². The number of hydrogen-bond acceptors (Lipinski definition) is 2. The van der Waals surface area contributed by atoms with Crippen LogP contribution in [-0.4, -0.2) is 4.98 Å². The maximum Gasteiger partial charge on any atom is 0.131 e. The Hall–Kier alpha value is -1.12. The third-order valence-corrected chi connectivity index (χ3v) is 1.33. The number of nitrogens with zero attached hydrogens (tertiary/aromatic N) is 1. The van der Waals surface area contributed by atoms with Crippen molar-refractivity contribution in [2.45, 2.75) is 13.3 Å². The van der Waals surface area contributed by atoms with Gasteiger partial charge in [-0.1, -0.05) is 6.92 Å². The smallest absolute Gasteiger partial charge is 0.131 e. The quantitative estimate of drug-likeness (QED) is 0.639. The monoisotopic (exact) mass is 140 g/mol. The van der Waals surface area contributed by atoms with Crippen molar-refractivity contribution in [3.63, 3.8) is 0 Å². The Morgan fingerprint density at radius 2 is 2.40 bits per heavy atom. The molecule has 2 N–H and O–H groups in total. The normalized spacial score (nSPS) is 9.80. The van der Waals surface area contributed by atoms with Crippen LogP contribution in [0.15, 0.2) is 12.3 Å². The van der Waals surface area contributed by atoms with Crippen LogP contribution >= 0.6 is 0 Å². The van der Waals surface area contributed by atoms with Crippen LogP contribution in [0.25, 0.3) is 0 Å². The van der Waals surface area contributed by atoms with E-state index in [0.717, 1.165) is 0 Å². The third kappa shape index (κ3) is 1.23. The number of nitrogen functional groups attached to an aromatic ring is 1. The van der Waals surface area contributed by atoms with Crippen molar-refractivity contribution in [1.82, 2.24) is 4.98 Å². The number of nitrogens with two attached hydrogens (primary N) is 1. The summed E-state index contributed by atoms with van der Waals surface area (Å²) in [5, 5.41) is 0. The molecule has 0 aliphatic carbocycles. The van der Waals surface area contributed by atoms with Crippen LogP contribution in [0.1, 0.15) is 12.5 Å².